The molecule has 33 heavy (non-hydrogen) atoms. The minimum absolute atomic E-state index is 0.0493. The molecule has 0 aliphatic carbocycles. The molecule has 7 nitrogen and oxygen atoms in total. The van der Waals surface area contributed by atoms with Crippen LogP contribution >= 0.6 is 0 Å². The molecule has 0 radical (unpaired) electrons. The van der Waals surface area contributed by atoms with Crippen LogP contribution in [0.15, 0.2) is 18.2 Å². The molecule has 2 aromatic rings. The second-order valence-electron chi connectivity index (χ2n) is 9.32. The number of aryl methyl sites for hydroxylation is 1. The monoisotopic (exact) mass is 487 g/mol. The van der Waals surface area contributed by atoms with Gasteiger partial charge in [0.25, 0.3) is 5.91 Å². The van der Waals surface area contributed by atoms with Crippen LogP contribution in [0.5, 0.6) is 5.75 Å². The number of ether oxygens (including phenoxy) is 1. The van der Waals surface area contributed by atoms with Gasteiger partial charge in [0.05, 0.1) is 17.0 Å². The highest BCUT2D eigenvalue weighted by Crippen LogP contribution is 2.35. The van der Waals surface area contributed by atoms with Crippen LogP contribution in [0, 0.1) is 6.92 Å². The average molecular weight is 488 g/mol. The third-order valence-corrected chi connectivity index (χ3v) is 7.08. The lowest BCUT2D eigenvalue weighted by atomic mass is 9.84. The number of hydrogen-bond donors (Lipinski definition) is 2. The maximum Gasteiger partial charge on any atom is 0.422 e. The zero-order valence-corrected chi connectivity index (χ0v) is 19.8. The summed E-state index contributed by atoms with van der Waals surface area (Å²) in [7, 11) is -3.13. The molecule has 1 saturated heterocycles. The SMILES string of the molecule is Cc1cc(C(=O)NC[C@@H]2CS(=O)(=O)CCN2)nc2c(C(C)(C)C)cc(OCC(F)(F)F)cc12. The molecule has 1 aliphatic rings. The van der Waals surface area contributed by atoms with Crippen molar-refractivity contribution in [2.24, 2.45) is 0 Å². The van der Waals surface area contributed by atoms with Gasteiger partial charge in [-0.15, -0.1) is 0 Å². The maximum absolute atomic E-state index is 12.8. The summed E-state index contributed by atoms with van der Waals surface area (Å²) in [6.45, 7) is 6.50. The zero-order valence-electron chi connectivity index (χ0n) is 19.0. The average Bonchev–Trinajstić information content (AvgIpc) is 2.68. The van der Waals surface area contributed by atoms with Crippen LogP contribution in [-0.4, -0.2) is 62.7 Å². The zero-order chi connectivity index (χ0) is 24.6. The second kappa shape index (κ2) is 9.09. The number of amides is 1. The molecule has 1 atom stereocenters. The Labute approximate surface area is 191 Å². The number of hydrogen-bond acceptors (Lipinski definition) is 6. The van der Waals surface area contributed by atoms with Crippen LogP contribution in [0.2, 0.25) is 0 Å². The summed E-state index contributed by atoms with van der Waals surface area (Å²) in [4.78, 5) is 17.3. The van der Waals surface area contributed by atoms with E-state index in [1.807, 2.05) is 20.8 Å². The van der Waals surface area contributed by atoms with E-state index in [-0.39, 0.29) is 35.5 Å². The number of benzene rings is 1. The molecule has 0 saturated carbocycles. The normalized spacial score (nSPS) is 18.8. The highest BCUT2D eigenvalue weighted by molar-refractivity contribution is 7.91. The first-order chi connectivity index (χ1) is 15.1. The third-order valence-electron chi connectivity index (χ3n) is 5.35. The summed E-state index contributed by atoms with van der Waals surface area (Å²) >= 11 is 0. The van der Waals surface area contributed by atoms with E-state index in [1.54, 1.807) is 13.0 Å². The fourth-order valence-corrected chi connectivity index (χ4v) is 5.15. The number of nitrogens with zero attached hydrogens (tertiary/aromatic N) is 1. The molecule has 3 rings (SSSR count). The molecule has 2 heterocycles. The highest BCUT2D eigenvalue weighted by Gasteiger charge is 2.29. The van der Waals surface area contributed by atoms with Gasteiger partial charge in [0.1, 0.15) is 11.4 Å². The van der Waals surface area contributed by atoms with Crippen LogP contribution in [0.1, 0.15) is 42.4 Å². The Hall–Kier alpha value is -2.40. The summed E-state index contributed by atoms with van der Waals surface area (Å²) in [6, 6.07) is 4.20. The molecule has 0 spiro atoms. The molecule has 182 valence electrons. The number of sulfone groups is 1. The van der Waals surface area contributed by atoms with Gasteiger partial charge in [0.15, 0.2) is 16.4 Å². The minimum Gasteiger partial charge on any atom is -0.484 e. The van der Waals surface area contributed by atoms with Gasteiger partial charge >= 0.3 is 6.18 Å². The predicted octanol–water partition coefficient (Wildman–Crippen LogP) is 2.90. The van der Waals surface area contributed by atoms with E-state index < -0.39 is 33.9 Å². The van der Waals surface area contributed by atoms with Crippen LogP contribution in [0.4, 0.5) is 13.2 Å². The van der Waals surface area contributed by atoms with Gasteiger partial charge in [-0.05, 0) is 41.7 Å². The first kappa shape index (κ1) is 25.2. The number of carbonyl (C=O) groups excluding carboxylic acids is 1. The maximum atomic E-state index is 12.8. The number of halogens is 3. The Morgan fingerprint density at radius 2 is 1.94 bits per heavy atom. The molecule has 1 aromatic heterocycles. The quantitative estimate of drug-likeness (QED) is 0.673. The summed E-state index contributed by atoms with van der Waals surface area (Å²) < 4.78 is 66.5. The fraction of sp³-hybridized carbons (Fsp3) is 0.545. The van der Waals surface area contributed by atoms with Gasteiger partial charge < -0.3 is 15.4 Å². The lowest BCUT2D eigenvalue weighted by Gasteiger charge is -2.24. The largest absolute Gasteiger partial charge is 0.484 e. The van der Waals surface area contributed by atoms with E-state index in [4.69, 9.17) is 4.74 Å². The Morgan fingerprint density at radius 3 is 2.55 bits per heavy atom. The van der Waals surface area contributed by atoms with Crippen LogP contribution in [0.25, 0.3) is 10.9 Å². The molecule has 2 N–H and O–H groups in total. The number of rotatable bonds is 5. The van der Waals surface area contributed by atoms with Gasteiger partial charge in [0, 0.05) is 24.5 Å². The Kier molecular flexibility index (Phi) is 6.95. The lowest BCUT2D eigenvalue weighted by Crippen LogP contribution is -2.50. The number of aromatic nitrogens is 1. The van der Waals surface area contributed by atoms with E-state index >= 15 is 0 Å². The number of pyridine rings is 1. The Balaban J connectivity index is 1.90. The van der Waals surface area contributed by atoms with Gasteiger partial charge in [-0.2, -0.15) is 13.2 Å². The Bertz CT molecular complexity index is 1160. The van der Waals surface area contributed by atoms with Crippen LogP contribution in [-0.2, 0) is 15.3 Å². The summed E-state index contributed by atoms with van der Waals surface area (Å²) in [5.41, 5.74) is 1.48. The first-order valence-electron chi connectivity index (χ1n) is 10.5. The van der Waals surface area contributed by atoms with Crippen molar-refractivity contribution in [1.29, 1.82) is 0 Å². The molecule has 0 bridgehead atoms. The molecule has 1 amide bonds. The van der Waals surface area contributed by atoms with Crippen molar-refractivity contribution in [3.63, 3.8) is 0 Å². The molecule has 11 heteroatoms. The van der Waals surface area contributed by atoms with Crippen molar-refractivity contribution >= 4 is 26.6 Å². The van der Waals surface area contributed by atoms with E-state index in [0.29, 0.717) is 28.6 Å². The molecule has 1 aromatic carbocycles. The third kappa shape index (κ3) is 6.57. The summed E-state index contributed by atoms with van der Waals surface area (Å²) in [5, 5.41) is 6.39. The Morgan fingerprint density at radius 1 is 1.24 bits per heavy atom. The van der Waals surface area contributed by atoms with E-state index in [2.05, 4.69) is 15.6 Å². The fourth-order valence-electron chi connectivity index (χ4n) is 3.71. The van der Waals surface area contributed by atoms with Gasteiger partial charge in [-0.3, -0.25) is 4.79 Å². The summed E-state index contributed by atoms with van der Waals surface area (Å²) in [6.07, 6.45) is -4.46. The van der Waals surface area contributed by atoms with Crippen molar-refractivity contribution in [2.45, 2.75) is 45.3 Å². The number of carbonyl (C=O) groups is 1. The van der Waals surface area contributed by atoms with Crippen molar-refractivity contribution in [2.75, 3.05) is 31.2 Å². The van der Waals surface area contributed by atoms with Crippen molar-refractivity contribution in [3.05, 3.63) is 35.0 Å². The van der Waals surface area contributed by atoms with Crippen LogP contribution < -0.4 is 15.4 Å². The molecular weight excluding hydrogens is 459 g/mol. The topological polar surface area (TPSA) is 97.4 Å². The van der Waals surface area contributed by atoms with Crippen molar-refractivity contribution < 1.29 is 31.1 Å². The van der Waals surface area contributed by atoms with Crippen molar-refractivity contribution in [1.82, 2.24) is 15.6 Å². The summed E-state index contributed by atoms with van der Waals surface area (Å²) in [5.74, 6) is -0.349. The second-order valence-corrected chi connectivity index (χ2v) is 11.5. The van der Waals surface area contributed by atoms with Gasteiger partial charge in [-0.1, -0.05) is 20.8 Å². The molecule has 1 fully saturated rings. The van der Waals surface area contributed by atoms with Crippen molar-refractivity contribution in [3.8, 4) is 5.75 Å². The predicted molar refractivity (Wildman–Crippen MR) is 120 cm³/mol. The van der Waals surface area contributed by atoms with E-state index in [1.165, 1.54) is 12.1 Å². The number of nitrogens with one attached hydrogen (secondary N) is 2. The van der Waals surface area contributed by atoms with Gasteiger partial charge in [-0.25, -0.2) is 13.4 Å². The van der Waals surface area contributed by atoms with Crippen LogP contribution in [0.3, 0.4) is 0 Å². The molecule has 1 aliphatic heterocycles. The number of alkyl halides is 3. The molecule has 0 unspecified atom stereocenters. The molecular formula is C22H28F3N3O4S. The smallest absolute Gasteiger partial charge is 0.422 e. The number of fused-ring (bicyclic) bond motifs is 1. The minimum atomic E-state index is -4.46. The lowest BCUT2D eigenvalue weighted by molar-refractivity contribution is -0.153. The highest BCUT2D eigenvalue weighted by atomic mass is 32.2. The standard InChI is InChI=1S/C22H28F3N3O4S/c1-13-7-18(20(29)27-10-14-11-33(30,31)6-5-26-14)28-19-16(13)8-15(32-12-22(23,24)25)9-17(19)21(2,3)4/h7-9,14,26H,5-6,10-12H2,1-4H3,(H,27,29)/t14-/m1/s1. The van der Waals surface area contributed by atoms with Gasteiger partial charge in [0.2, 0.25) is 0 Å². The first-order valence-corrected chi connectivity index (χ1v) is 12.3. The van der Waals surface area contributed by atoms with E-state index in [9.17, 15) is 26.4 Å². The van der Waals surface area contributed by atoms with E-state index in [0.717, 1.165) is 0 Å².